The van der Waals surface area contributed by atoms with E-state index in [1.807, 2.05) is 4.57 Å². The Bertz CT molecular complexity index is 1260. The van der Waals surface area contributed by atoms with Gasteiger partial charge >= 0.3 is 6.30 Å². The molecule has 0 unspecified atom stereocenters. The summed E-state index contributed by atoms with van der Waals surface area (Å²) < 4.78 is 47.2. The van der Waals surface area contributed by atoms with E-state index in [1.54, 1.807) is 0 Å². The molecule has 2 aliphatic rings. The zero-order chi connectivity index (χ0) is 27.1. The fraction of sp³-hybridized carbons (Fsp3) is 0.640. The maximum Gasteiger partial charge on any atom is 0.504 e. The maximum absolute atomic E-state index is 13.1. The van der Waals surface area contributed by atoms with Crippen LogP contribution in [0.15, 0.2) is 18.6 Å². The Balaban J connectivity index is 1.48. The lowest BCUT2D eigenvalue weighted by Gasteiger charge is -2.29. The lowest BCUT2D eigenvalue weighted by Crippen LogP contribution is -2.43. The van der Waals surface area contributed by atoms with Gasteiger partial charge < -0.3 is 25.3 Å². The first-order valence-electron chi connectivity index (χ1n) is 13.3. The second kappa shape index (κ2) is 10.5. The topological polar surface area (TPSA) is 93.9 Å². The average Bonchev–Trinajstić information content (AvgIpc) is 3.45. The molecule has 0 amide bonds. The van der Waals surface area contributed by atoms with Gasteiger partial charge in [-0.25, -0.2) is 0 Å². The number of nitrogens with one attached hydrogen (secondary N) is 3. The van der Waals surface area contributed by atoms with E-state index in [0.29, 0.717) is 36.8 Å². The van der Waals surface area contributed by atoms with Crippen LogP contribution in [0.5, 0.6) is 0 Å². The van der Waals surface area contributed by atoms with E-state index < -0.39 is 14.4 Å². The molecule has 0 bridgehead atoms. The fourth-order valence-corrected chi connectivity index (χ4v) is 5.45. The highest BCUT2D eigenvalue weighted by Crippen LogP contribution is 2.45. The largest absolute Gasteiger partial charge is 0.504 e. The second-order valence-corrected chi connectivity index (χ2v) is 17.4. The van der Waals surface area contributed by atoms with Crippen LogP contribution in [0.4, 0.5) is 30.6 Å². The van der Waals surface area contributed by atoms with Crippen LogP contribution in [0.2, 0.25) is 25.7 Å². The van der Waals surface area contributed by atoms with Crippen molar-refractivity contribution in [3.8, 4) is 0 Å². The van der Waals surface area contributed by atoms with Crippen molar-refractivity contribution in [2.24, 2.45) is 0 Å². The molecule has 13 heteroatoms. The van der Waals surface area contributed by atoms with E-state index in [4.69, 9.17) is 14.7 Å². The number of nitrogens with zero attached hydrogens (tertiary/aromatic N) is 5. The van der Waals surface area contributed by atoms with Gasteiger partial charge in [0.05, 0.1) is 23.5 Å². The Morgan fingerprint density at radius 2 is 1.92 bits per heavy atom. The van der Waals surface area contributed by atoms with Gasteiger partial charge in [0.2, 0.25) is 5.95 Å². The molecule has 2 atom stereocenters. The molecule has 2 fully saturated rings. The molecule has 1 aliphatic heterocycles. The van der Waals surface area contributed by atoms with Gasteiger partial charge in [0.1, 0.15) is 18.2 Å². The van der Waals surface area contributed by atoms with Crippen LogP contribution in [-0.4, -0.2) is 57.6 Å². The van der Waals surface area contributed by atoms with Crippen LogP contribution >= 0.6 is 0 Å². The number of halogens is 3. The summed E-state index contributed by atoms with van der Waals surface area (Å²) in [6.07, 6.45) is 3.82. The van der Waals surface area contributed by atoms with Crippen molar-refractivity contribution in [3.05, 3.63) is 24.2 Å². The fourth-order valence-electron chi connectivity index (χ4n) is 4.69. The first-order valence-corrected chi connectivity index (χ1v) is 17.0. The standard InChI is InChI=1S/C25H37F3N8OSi/c1-16-5-8-18(11-29-16)31-22-21-20(17-6-7-17)14-35(15-37-9-10-38(2,3)4)23(21)34-24(33-22)32-19-12-30-36(13-19)25(26,27)28/h12-14,16-18,29H,5-11,15H2,1-4H3,(H2,31,32,33,34)/t16-,18+/m0/s1. The van der Waals surface area contributed by atoms with Crippen LogP contribution in [0.25, 0.3) is 11.0 Å². The summed E-state index contributed by atoms with van der Waals surface area (Å²) in [6.45, 7) is 11.0. The van der Waals surface area contributed by atoms with Crippen molar-refractivity contribution in [2.75, 3.05) is 23.8 Å². The van der Waals surface area contributed by atoms with Gasteiger partial charge in [-0.3, -0.25) is 0 Å². The molecule has 3 aromatic heterocycles. The summed E-state index contributed by atoms with van der Waals surface area (Å²) in [5, 5.41) is 14.5. The van der Waals surface area contributed by atoms with Crippen molar-refractivity contribution < 1.29 is 17.9 Å². The quantitative estimate of drug-likeness (QED) is 0.224. The van der Waals surface area contributed by atoms with E-state index in [0.717, 1.165) is 56.1 Å². The minimum Gasteiger partial charge on any atom is -0.365 e. The molecule has 9 nitrogen and oxygen atoms in total. The third-order valence-electron chi connectivity index (χ3n) is 7.09. The molecule has 3 aromatic rings. The highest BCUT2D eigenvalue weighted by Gasteiger charge is 2.33. The number of hydrogen-bond donors (Lipinski definition) is 3. The molecule has 4 heterocycles. The Hall–Kier alpha value is -2.64. The number of alkyl halides is 3. The van der Waals surface area contributed by atoms with E-state index in [2.05, 4.69) is 53.8 Å². The van der Waals surface area contributed by atoms with Crippen molar-refractivity contribution in [3.63, 3.8) is 0 Å². The molecule has 0 radical (unpaired) electrons. The zero-order valence-corrected chi connectivity index (χ0v) is 23.4. The van der Waals surface area contributed by atoms with Gasteiger partial charge in [0.15, 0.2) is 0 Å². The van der Waals surface area contributed by atoms with Crippen molar-refractivity contribution in [1.82, 2.24) is 29.6 Å². The average molecular weight is 551 g/mol. The summed E-state index contributed by atoms with van der Waals surface area (Å²) in [4.78, 5) is 9.53. The smallest absolute Gasteiger partial charge is 0.365 e. The highest BCUT2D eigenvalue weighted by atomic mass is 28.3. The van der Waals surface area contributed by atoms with Crippen LogP contribution in [0.1, 0.15) is 44.1 Å². The highest BCUT2D eigenvalue weighted by molar-refractivity contribution is 6.76. The third-order valence-corrected chi connectivity index (χ3v) is 8.79. The molecular weight excluding hydrogens is 513 g/mol. The monoisotopic (exact) mass is 550 g/mol. The Morgan fingerprint density at radius 1 is 1.13 bits per heavy atom. The van der Waals surface area contributed by atoms with Crippen LogP contribution in [0, 0.1) is 0 Å². The minimum atomic E-state index is -4.59. The van der Waals surface area contributed by atoms with Crippen LogP contribution in [-0.2, 0) is 17.8 Å². The Labute approximate surface area is 221 Å². The number of anilines is 3. The lowest BCUT2D eigenvalue weighted by atomic mass is 10.0. The predicted octanol–water partition coefficient (Wildman–Crippen LogP) is 5.59. The first-order chi connectivity index (χ1) is 18.0. The SMILES string of the molecule is C[C@H]1CC[C@@H](Nc2nc(Nc3cnn(C(F)(F)F)c3)nc3c2c(C2CC2)cn3COCC[Si](C)(C)C)CN1. The van der Waals surface area contributed by atoms with E-state index >= 15 is 0 Å². The molecule has 1 aliphatic carbocycles. The molecule has 1 saturated carbocycles. The number of aromatic nitrogens is 5. The maximum atomic E-state index is 13.1. The van der Waals surface area contributed by atoms with Gasteiger partial charge in [-0.05, 0) is 50.1 Å². The molecule has 0 spiro atoms. The third kappa shape index (κ3) is 6.49. The van der Waals surface area contributed by atoms with Gasteiger partial charge in [-0.2, -0.15) is 19.7 Å². The Kier molecular flexibility index (Phi) is 7.44. The molecule has 0 aromatic carbocycles. The van der Waals surface area contributed by atoms with Crippen molar-refractivity contribution in [2.45, 2.75) is 89.3 Å². The molecule has 5 rings (SSSR count). The number of ether oxygens (including phenoxy) is 1. The lowest BCUT2D eigenvalue weighted by molar-refractivity contribution is -0.212. The zero-order valence-electron chi connectivity index (χ0n) is 22.4. The van der Waals surface area contributed by atoms with E-state index in [9.17, 15) is 13.2 Å². The minimum absolute atomic E-state index is 0.0395. The van der Waals surface area contributed by atoms with Crippen LogP contribution < -0.4 is 16.0 Å². The molecule has 1 saturated heterocycles. The molecular formula is C25H37F3N8OSi. The molecule has 208 valence electrons. The number of piperidine rings is 1. The molecule has 38 heavy (non-hydrogen) atoms. The normalized spacial score (nSPS) is 20.7. The number of hydrogen-bond acceptors (Lipinski definition) is 7. The van der Waals surface area contributed by atoms with E-state index in [-0.39, 0.29) is 22.4 Å². The van der Waals surface area contributed by atoms with Gasteiger partial charge in [-0.15, -0.1) is 13.2 Å². The van der Waals surface area contributed by atoms with Gasteiger partial charge in [0, 0.05) is 39.5 Å². The summed E-state index contributed by atoms with van der Waals surface area (Å²) in [5.74, 6) is 1.37. The predicted molar refractivity (Wildman–Crippen MR) is 145 cm³/mol. The van der Waals surface area contributed by atoms with Crippen molar-refractivity contribution >= 4 is 36.6 Å². The van der Waals surface area contributed by atoms with Crippen LogP contribution in [0.3, 0.4) is 0 Å². The number of rotatable bonds is 10. The summed E-state index contributed by atoms with van der Waals surface area (Å²) in [7, 11) is -1.23. The molecule has 3 N–H and O–H groups in total. The number of fused-ring (bicyclic) bond motifs is 1. The van der Waals surface area contributed by atoms with E-state index in [1.165, 1.54) is 5.56 Å². The summed E-state index contributed by atoms with van der Waals surface area (Å²) >= 11 is 0. The summed E-state index contributed by atoms with van der Waals surface area (Å²) in [6, 6.07) is 1.72. The summed E-state index contributed by atoms with van der Waals surface area (Å²) in [5.41, 5.74) is 2.07. The first kappa shape index (κ1) is 26.9. The second-order valence-electron chi connectivity index (χ2n) is 11.8. The Morgan fingerprint density at radius 3 is 2.55 bits per heavy atom. The van der Waals surface area contributed by atoms with Gasteiger partial charge in [-0.1, -0.05) is 19.6 Å². The van der Waals surface area contributed by atoms with Crippen molar-refractivity contribution in [1.29, 1.82) is 0 Å². The van der Waals surface area contributed by atoms with Gasteiger partial charge in [0.25, 0.3) is 0 Å².